The number of nitriles is 1. The Kier molecular flexibility index (Phi) is 4.16. The largest absolute Gasteiger partial charge is 0.398 e. The maximum absolute atomic E-state index is 13.7. The van der Waals surface area contributed by atoms with Crippen molar-refractivity contribution in [3.05, 3.63) is 52.3 Å². The quantitative estimate of drug-likeness (QED) is 0.812. The third-order valence-corrected chi connectivity index (χ3v) is 4.71. The maximum Gasteiger partial charge on any atom is 0.262 e. The van der Waals surface area contributed by atoms with Gasteiger partial charge in [0.1, 0.15) is 5.82 Å². The molecule has 0 aliphatic carbocycles. The zero-order chi connectivity index (χ0) is 15.6. The molecule has 0 fully saturated rings. The van der Waals surface area contributed by atoms with E-state index >= 15 is 0 Å². The standard InChI is InChI=1S/C13H9BrFN3O2S/c14-10-3-2-9(6-12(10)17)21(19,20)18-13-4-1-8(7-16)5-11(13)15/h1-6,18H,17H2. The molecule has 0 saturated heterocycles. The van der Waals surface area contributed by atoms with Crippen molar-refractivity contribution in [2.24, 2.45) is 0 Å². The summed E-state index contributed by atoms with van der Waals surface area (Å²) in [7, 11) is -3.97. The smallest absolute Gasteiger partial charge is 0.262 e. The SMILES string of the molecule is N#Cc1ccc(NS(=O)(=O)c2ccc(Br)c(N)c2)c(F)c1. The summed E-state index contributed by atoms with van der Waals surface area (Å²) in [6, 6.07) is 9.30. The Balaban J connectivity index is 2.37. The Morgan fingerprint density at radius 1 is 1.24 bits per heavy atom. The molecule has 2 aromatic carbocycles. The summed E-state index contributed by atoms with van der Waals surface area (Å²) in [4.78, 5) is -0.0908. The van der Waals surface area contributed by atoms with Gasteiger partial charge in [0, 0.05) is 10.2 Å². The lowest BCUT2D eigenvalue weighted by Gasteiger charge is -2.10. The number of nitrogens with two attached hydrogens (primary N) is 1. The van der Waals surface area contributed by atoms with Crippen LogP contribution >= 0.6 is 15.9 Å². The third-order valence-electron chi connectivity index (χ3n) is 2.62. The molecule has 0 aliphatic heterocycles. The summed E-state index contributed by atoms with van der Waals surface area (Å²) in [6.45, 7) is 0. The average molecular weight is 370 g/mol. The second kappa shape index (κ2) is 5.71. The van der Waals surface area contributed by atoms with Crippen LogP contribution in [0.25, 0.3) is 0 Å². The van der Waals surface area contributed by atoms with Crippen LogP contribution in [0, 0.1) is 17.1 Å². The van der Waals surface area contributed by atoms with Crippen molar-refractivity contribution in [1.29, 1.82) is 5.26 Å². The first-order valence-corrected chi connectivity index (χ1v) is 7.88. The molecular weight excluding hydrogens is 361 g/mol. The molecule has 0 aromatic heterocycles. The van der Waals surface area contributed by atoms with E-state index in [2.05, 4.69) is 20.7 Å². The fourth-order valence-corrected chi connectivity index (χ4v) is 2.91. The van der Waals surface area contributed by atoms with E-state index in [9.17, 15) is 12.8 Å². The molecule has 5 nitrogen and oxygen atoms in total. The number of sulfonamides is 1. The van der Waals surface area contributed by atoms with Crippen LogP contribution < -0.4 is 10.5 Å². The predicted molar refractivity (Wildman–Crippen MR) is 80.5 cm³/mol. The Hall–Kier alpha value is -2.11. The van der Waals surface area contributed by atoms with Crippen LogP contribution in [0.15, 0.2) is 45.8 Å². The lowest BCUT2D eigenvalue weighted by Crippen LogP contribution is -2.14. The molecule has 0 unspecified atom stereocenters. The highest BCUT2D eigenvalue weighted by atomic mass is 79.9. The molecule has 0 saturated carbocycles. The molecule has 2 aromatic rings. The molecule has 0 radical (unpaired) electrons. The van der Waals surface area contributed by atoms with E-state index < -0.39 is 15.8 Å². The third kappa shape index (κ3) is 3.32. The molecule has 0 aliphatic rings. The van der Waals surface area contributed by atoms with Crippen molar-refractivity contribution in [2.75, 3.05) is 10.5 Å². The Morgan fingerprint density at radius 2 is 1.95 bits per heavy atom. The first-order valence-electron chi connectivity index (χ1n) is 5.61. The molecule has 0 heterocycles. The van der Waals surface area contributed by atoms with Gasteiger partial charge in [0.25, 0.3) is 10.0 Å². The fourth-order valence-electron chi connectivity index (χ4n) is 1.56. The van der Waals surface area contributed by atoms with Crippen LogP contribution in [0.5, 0.6) is 0 Å². The minimum Gasteiger partial charge on any atom is -0.398 e. The summed E-state index contributed by atoms with van der Waals surface area (Å²) in [5.41, 5.74) is 5.74. The summed E-state index contributed by atoms with van der Waals surface area (Å²) < 4.78 is 40.7. The molecule has 3 N–H and O–H groups in total. The van der Waals surface area contributed by atoms with Crippen molar-refractivity contribution in [1.82, 2.24) is 0 Å². The van der Waals surface area contributed by atoms with Crippen LogP contribution in [0.2, 0.25) is 0 Å². The predicted octanol–water partition coefficient (Wildman–Crippen LogP) is 2.84. The van der Waals surface area contributed by atoms with Gasteiger partial charge in [-0.15, -0.1) is 0 Å². The first kappa shape index (κ1) is 15.3. The molecule has 0 amide bonds. The zero-order valence-corrected chi connectivity index (χ0v) is 12.9. The minimum absolute atomic E-state index is 0.0908. The maximum atomic E-state index is 13.7. The zero-order valence-electron chi connectivity index (χ0n) is 10.5. The van der Waals surface area contributed by atoms with Gasteiger partial charge in [0.2, 0.25) is 0 Å². The molecule has 0 bridgehead atoms. The van der Waals surface area contributed by atoms with Crippen LogP contribution in [-0.2, 0) is 10.0 Å². The summed E-state index contributed by atoms with van der Waals surface area (Å²) in [6.07, 6.45) is 0. The number of benzene rings is 2. The number of rotatable bonds is 3. The van der Waals surface area contributed by atoms with Gasteiger partial charge in [-0.05, 0) is 52.3 Å². The van der Waals surface area contributed by atoms with E-state index in [1.165, 1.54) is 30.3 Å². The average Bonchev–Trinajstić information content (AvgIpc) is 2.43. The van der Waals surface area contributed by atoms with Gasteiger partial charge >= 0.3 is 0 Å². The van der Waals surface area contributed by atoms with Gasteiger partial charge in [0.15, 0.2) is 0 Å². The van der Waals surface area contributed by atoms with Gasteiger partial charge in [-0.1, -0.05) is 0 Å². The highest BCUT2D eigenvalue weighted by molar-refractivity contribution is 9.10. The van der Waals surface area contributed by atoms with Crippen molar-refractivity contribution in [3.8, 4) is 6.07 Å². The fraction of sp³-hybridized carbons (Fsp3) is 0. The highest BCUT2D eigenvalue weighted by Gasteiger charge is 2.17. The first-order chi connectivity index (χ1) is 9.83. The number of nitrogen functional groups attached to an aromatic ring is 1. The molecule has 0 atom stereocenters. The van der Waals surface area contributed by atoms with Crippen LogP contribution in [0.4, 0.5) is 15.8 Å². The van der Waals surface area contributed by atoms with E-state index in [1.807, 2.05) is 0 Å². The molecule has 8 heteroatoms. The molecule has 2 rings (SSSR count). The second-order valence-electron chi connectivity index (χ2n) is 4.10. The van der Waals surface area contributed by atoms with Crippen LogP contribution in [0.3, 0.4) is 0 Å². The van der Waals surface area contributed by atoms with E-state index in [0.29, 0.717) is 4.47 Å². The molecule has 21 heavy (non-hydrogen) atoms. The van der Waals surface area contributed by atoms with E-state index in [-0.39, 0.29) is 21.8 Å². The van der Waals surface area contributed by atoms with Crippen molar-refractivity contribution in [2.45, 2.75) is 4.90 Å². The lowest BCUT2D eigenvalue weighted by atomic mass is 10.2. The van der Waals surface area contributed by atoms with Crippen LogP contribution in [-0.4, -0.2) is 8.42 Å². The van der Waals surface area contributed by atoms with Gasteiger partial charge in [-0.25, -0.2) is 12.8 Å². The highest BCUT2D eigenvalue weighted by Crippen LogP contribution is 2.25. The van der Waals surface area contributed by atoms with Gasteiger partial charge in [0.05, 0.1) is 22.2 Å². The summed E-state index contributed by atoms with van der Waals surface area (Å²) in [5.74, 6) is -0.831. The van der Waals surface area contributed by atoms with E-state index in [4.69, 9.17) is 11.0 Å². The Bertz CT molecular complexity index is 847. The lowest BCUT2D eigenvalue weighted by molar-refractivity contribution is 0.598. The van der Waals surface area contributed by atoms with E-state index in [0.717, 1.165) is 6.07 Å². The summed E-state index contributed by atoms with van der Waals surface area (Å²) in [5, 5.41) is 8.65. The van der Waals surface area contributed by atoms with Gasteiger partial charge in [-0.2, -0.15) is 5.26 Å². The molecular formula is C13H9BrFN3O2S. The van der Waals surface area contributed by atoms with Crippen molar-refractivity contribution in [3.63, 3.8) is 0 Å². The number of nitrogens with zero attached hydrogens (tertiary/aromatic N) is 1. The molecule has 0 spiro atoms. The van der Waals surface area contributed by atoms with Crippen molar-refractivity contribution < 1.29 is 12.8 Å². The second-order valence-corrected chi connectivity index (χ2v) is 6.63. The van der Waals surface area contributed by atoms with E-state index in [1.54, 1.807) is 6.07 Å². The molecule has 108 valence electrons. The Morgan fingerprint density at radius 3 is 2.52 bits per heavy atom. The summed E-state index contributed by atoms with van der Waals surface area (Å²) >= 11 is 3.16. The Labute approximate surface area is 129 Å². The minimum atomic E-state index is -3.97. The number of halogens is 2. The van der Waals surface area contributed by atoms with Gasteiger partial charge in [-0.3, -0.25) is 4.72 Å². The number of hydrogen-bond acceptors (Lipinski definition) is 4. The number of anilines is 2. The topological polar surface area (TPSA) is 96.0 Å². The van der Waals surface area contributed by atoms with Gasteiger partial charge < -0.3 is 5.73 Å². The monoisotopic (exact) mass is 369 g/mol. The van der Waals surface area contributed by atoms with Crippen LogP contribution in [0.1, 0.15) is 5.56 Å². The normalized spacial score (nSPS) is 10.9. The number of hydrogen-bond donors (Lipinski definition) is 2. The van der Waals surface area contributed by atoms with Crippen molar-refractivity contribution >= 4 is 37.3 Å². The number of nitrogens with one attached hydrogen (secondary N) is 1.